The third-order valence-electron chi connectivity index (χ3n) is 3.95. The highest BCUT2D eigenvalue weighted by atomic mass is 35.5. The Hall–Kier alpha value is -2.26. The molecule has 8 nitrogen and oxygen atoms in total. The summed E-state index contributed by atoms with van der Waals surface area (Å²) in [7, 11) is 1.54. The maximum atomic E-state index is 12.4. The number of fused-ring (bicyclic) bond motifs is 1. The van der Waals surface area contributed by atoms with E-state index in [1.807, 2.05) is 12.1 Å². The lowest BCUT2D eigenvalue weighted by atomic mass is 10.1. The maximum absolute atomic E-state index is 12.4. The van der Waals surface area contributed by atoms with Crippen molar-refractivity contribution < 1.29 is 19.5 Å². The van der Waals surface area contributed by atoms with Crippen LogP contribution in [0.15, 0.2) is 29.3 Å². The molecule has 1 aromatic rings. The molecule has 132 valence electrons. The Morgan fingerprint density at radius 3 is 2.80 bits per heavy atom. The SMILES string of the molecule is CN1C(=O)NC(=O)C2C1N=C(SCC(=O)O)N2Cc1ccccc1Cl. The monoisotopic (exact) mass is 382 g/mol. The van der Waals surface area contributed by atoms with Gasteiger partial charge in [-0.05, 0) is 11.6 Å². The van der Waals surface area contributed by atoms with Gasteiger partial charge in [0.25, 0.3) is 5.91 Å². The van der Waals surface area contributed by atoms with Crippen LogP contribution in [0.5, 0.6) is 0 Å². The van der Waals surface area contributed by atoms with Crippen LogP contribution in [-0.4, -0.2) is 63.0 Å². The minimum absolute atomic E-state index is 0.198. The van der Waals surface area contributed by atoms with E-state index in [1.165, 1.54) is 4.90 Å². The minimum atomic E-state index is -0.992. The number of carbonyl (C=O) groups is 3. The van der Waals surface area contributed by atoms with Crippen LogP contribution in [0.2, 0.25) is 5.02 Å². The fourth-order valence-corrected chi connectivity index (χ4v) is 3.70. The van der Waals surface area contributed by atoms with Crippen LogP contribution in [0.25, 0.3) is 0 Å². The molecule has 0 saturated carbocycles. The van der Waals surface area contributed by atoms with E-state index in [9.17, 15) is 14.4 Å². The Bertz CT molecular complexity index is 772. The fraction of sp³-hybridized carbons (Fsp3) is 0.333. The predicted octanol–water partition coefficient (Wildman–Crippen LogP) is 1.21. The average molecular weight is 383 g/mol. The van der Waals surface area contributed by atoms with E-state index in [2.05, 4.69) is 10.3 Å². The van der Waals surface area contributed by atoms with E-state index in [-0.39, 0.29) is 12.3 Å². The number of urea groups is 1. The zero-order valence-electron chi connectivity index (χ0n) is 13.2. The highest BCUT2D eigenvalue weighted by Crippen LogP contribution is 2.31. The number of benzene rings is 1. The van der Waals surface area contributed by atoms with Gasteiger partial charge in [0.1, 0.15) is 0 Å². The van der Waals surface area contributed by atoms with Crippen molar-refractivity contribution in [2.24, 2.45) is 4.99 Å². The molecule has 2 heterocycles. The predicted molar refractivity (Wildman–Crippen MR) is 93.4 cm³/mol. The summed E-state index contributed by atoms with van der Waals surface area (Å²) in [5.74, 6) is -1.65. The molecular formula is C15H15ClN4O4S. The van der Waals surface area contributed by atoms with E-state index in [0.717, 1.165) is 17.3 Å². The summed E-state index contributed by atoms with van der Waals surface area (Å²) in [4.78, 5) is 42.5. The fourth-order valence-electron chi connectivity index (χ4n) is 2.72. The second-order valence-electron chi connectivity index (χ2n) is 5.58. The lowest BCUT2D eigenvalue weighted by Gasteiger charge is -2.36. The number of carbonyl (C=O) groups excluding carboxylic acids is 2. The second kappa shape index (κ2) is 6.93. The number of nitrogens with zero attached hydrogens (tertiary/aromatic N) is 3. The molecule has 3 rings (SSSR count). The number of imide groups is 1. The summed E-state index contributed by atoms with van der Waals surface area (Å²) in [6.07, 6.45) is -0.694. The summed E-state index contributed by atoms with van der Waals surface area (Å²) in [5, 5.41) is 12.2. The molecule has 0 radical (unpaired) electrons. The van der Waals surface area contributed by atoms with Gasteiger partial charge in [0.15, 0.2) is 17.4 Å². The molecule has 1 fully saturated rings. The van der Waals surface area contributed by atoms with Crippen molar-refractivity contribution in [3.8, 4) is 0 Å². The Labute approximate surface area is 152 Å². The van der Waals surface area contributed by atoms with Gasteiger partial charge >= 0.3 is 12.0 Å². The normalized spacial score (nSPS) is 22.6. The van der Waals surface area contributed by atoms with Gasteiger partial charge in [-0.1, -0.05) is 41.6 Å². The van der Waals surface area contributed by atoms with Crippen LogP contribution in [0, 0.1) is 0 Å². The first-order valence-electron chi connectivity index (χ1n) is 7.38. The first kappa shape index (κ1) is 17.6. The summed E-state index contributed by atoms with van der Waals surface area (Å²) < 4.78 is 0. The molecule has 1 aromatic carbocycles. The van der Waals surface area contributed by atoms with Crippen LogP contribution in [0.1, 0.15) is 5.56 Å². The molecule has 2 atom stereocenters. The molecular weight excluding hydrogens is 368 g/mol. The number of thioether (sulfide) groups is 1. The average Bonchev–Trinajstić information content (AvgIpc) is 2.92. The van der Waals surface area contributed by atoms with Gasteiger partial charge < -0.3 is 14.9 Å². The quantitative estimate of drug-likeness (QED) is 0.811. The van der Waals surface area contributed by atoms with E-state index in [4.69, 9.17) is 16.7 Å². The standard InChI is InChI=1S/C15H15ClN4O4S/c1-19-12-11(13(23)18-14(19)24)20(15(17-12)25-7-10(21)22)6-8-4-2-3-5-9(8)16/h2-5,11-12H,6-7H2,1H3,(H,21,22)(H,18,23,24). The number of aliphatic imine (C=N–C) groups is 1. The number of hydrogen-bond donors (Lipinski definition) is 2. The van der Waals surface area contributed by atoms with Crippen molar-refractivity contribution in [1.82, 2.24) is 15.1 Å². The summed E-state index contributed by atoms with van der Waals surface area (Å²) in [6.45, 7) is 0.280. The molecule has 0 spiro atoms. The molecule has 1 saturated heterocycles. The highest BCUT2D eigenvalue weighted by Gasteiger charge is 2.48. The largest absolute Gasteiger partial charge is 0.481 e. The lowest BCUT2D eigenvalue weighted by Crippen LogP contribution is -2.63. The molecule has 2 N–H and O–H groups in total. The van der Waals surface area contributed by atoms with Crippen LogP contribution < -0.4 is 5.32 Å². The number of nitrogens with one attached hydrogen (secondary N) is 1. The molecule has 0 aromatic heterocycles. The first-order chi connectivity index (χ1) is 11.9. The van der Waals surface area contributed by atoms with Gasteiger partial charge in [-0.2, -0.15) is 0 Å². The molecule has 3 amide bonds. The van der Waals surface area contributed by atoms with Gasteiger partial charge in [-0.25, -0.2) is 9.79 Å². The molecule has 0 aliphatic carbocycles. The summed E-state index contributed by atoms with van der Waals surface area (Å²) in [6, 6.07) is 5.93. The van der Waals surface area contributed by atoms with Crippen molar-refractivity contribution in [2.75, 3.05) is 12.8 Å². The van der Waals surface area contributed by atoms with Crippen LogP contribution in [-0.2, 0) is 16.1 Å². The smallest absolute Gasteiger partial charge is 0.325 e. The number of amidine groups is 1. The molecule has 25 heavy (non-hydrogen) atoms. The number of aliphatic carboxylic acids is 1. The van der Waals surface area contributed by atoms with Crippen molar-refractivity contribution in [2.45, 2.75) is 18.8 Å². The van der Waals surface area contributed by atoms with Crippen LogP contribution in [0.3, 0.4) is 0 Å². The van der Waals surface area contributed by atoms with Crippen molar-refractivity contribution >= 4 is 46.4 Å². The Morgan fingerprint density at radius 2 is 2.12 bits per heavy atom. The number of likely N-dealkylation sites (N-methyl/N-ethyl adjacent to an activating group) is 1. The summed E-state index contributed by atoms with van der Waals surface area (Å²) >= 11 is 7.22. The number of rotatable bonds is 4. The van der Waals surface area contributed by atoms with Gasteiger partial charge in [-0.15, -0.1) is 0 Å². The zero-order chi connectivity index (χ0) is 18.1. The maximum Gasteiger partial charge on any atom is 0.325 e. The topological polar surface area (TPSA) is 102 Å². The Morgan fingerprint density at radius 1 is 1.40 bits per heavy atom. The molecule has 2 unspecified atom stereocenters. The van der Waals surface area contributed by atoms with E-state index < -0.39 is 30.1 Å². The molecule has 2 aliphatic heterocycles. The van der Waals surface area contributed by atoms with Gasteiger partial charge in [0, 0.05) is 18.6 Å². The van der Waals surface area contributed by atoms with Gasteiger partial charge in [0.2, 0.25) is 0 Å². The number of carboxylic acid groups (broad SMARTS) is 1. The number of amides is 3. The number of carboxylic acids is 1. The van der Waals surface area contributed by atoms with Crippen molar-refractivity contribution in [3.05, 3.63) is 34.9 Å². The second-order valence-corrected chi connectivity index (χ2v) is 6.93. The van der Waals surface area contributed by atoms with E-state index in [1.54, 1.807) is 24.1 Å². The number of hydrogen-bond acceptors (Lipinski definition) is 6. The highest BCUT2D eigenvalue weighted by molar-refractivity contribution is 8.14. The zero-order valence-corrected chi connectivity index (χ0v) is 14.8. The Balaban J connectivity index is 1.92. The van der Waals surface area contributed by atoms with E-state index >= 15 is 0 Å². The minimum Gasteiger partial charge on any atom is -0.481 e. The van der Waals surface area contributed by atoms with Crippen LogP contribution in [0.4, 0.5) is 4.79 Å². The first-order valence-corrected chi connectivity index (χ1v) is 8.75. The molecule has 0 bridgehead atoms. The third kappa shape index (κ3) is 3.42. The summed E-state index contributed by atoms with van der Waals surface area (Å²) in [5.41, 5.74) is 0.779. The van der Waals surface area contributed by atoms with Gasteiger partial charge in [0.05, 0.1) is 5.75 Å². The Kier molecular flexibility index (Phi) is 4.87. The number of halogens is 1. The molecule has 10 heteroatoms. The van der Waals surface area contributed by atoms with Crippen molar-refractivity contribution in [3.63, 3.8) is 0 Å². The van der Waals surface area contributed by atoms with Crippen LogP contribution >= 0.6 is 23.4 Å². The third-order valence-corrected chi connectivity index (χ3v) is 5.30. The molecule has 2 aliphatic rings. The lowest BCUT2D eigenvalue weighted by molar-refractivity contribution is -0.134. The van der Waals surface area contributed by atoms with Crippen molar-refractivity contribution in [1.29, 1.82) is 0 Å². The van der Waals surface area contributed by atoms with E-state index in [0.29, 0.717) is 10.2 Å². The van der Waals surface area contributed by atoms with Gasteiger partial charge in [-0.3, -0.25) is 14.9 Å².